The van der Waals surface area contributed by atoms with Gasteiger partial charge in [-0.15, -0.1) is 0 Å². The predicted molar refractivity (Wildman–Crippen MR) is 116 cm³/mol. The minimum absolute atomic E-state index is 0.0387. The van der Waals surface area contributed by atoms with Crippen molar-refractivity contribution in [3.05, 3.63) is 71.3 Å². The number of nitrogens with one attached hydrogen (secondary N) is 2. The van der Waals surface area contributed by atoms with E-state index in [4.69, 9.17) is 0 Å². The lowest BCUT2D eigenvalue weighted by molar-refractivity contribution is -0.118. The van der Waals surface area contributed by atoms with Crippen molar-refractivity contribution in [2.24, 2.45) is 4.99 Å². The molecule has 0 saturated heterocycles. The van der Waals surface area contributed by atoms with E-state index in [1.165, 1.54) is 15.8 Å². The molecule has 0 saturated carbocycles. The van der Waals surface area contributed by atoms with Crippen LogP contribution in [0.5, 0.6) is 0 Å². The zero-order valence-corrected chi connectivity index (χ0v) is 17.3. The first-order chi connectivity index (χ1) is 14.8. The van der Waals surface area contributed by atoms with Crippen LogP contribution in [-0.4, -0.2) is 34.0 Å². The first-order valence-electron chi connectivity index (χ1n) is 9.67. The summed E-state index contributed by atoms with van der Waals surface area (Å²) in [4.78, 5) is 28.9. The maximum atomic E-state index is 14.7. The number of amidine groups is 1. The number of aromatic nitrogens is 2. The van der Waals surface area contributed by atoms with E-state index in [1.807, 2.05) is 39.0 Å². The second kappa shape index (κ2) is 8.02. The van der Waals surface area contributed by atoms with Gasteiger partial charge in [-0.2, -0.15) is 5.10 Å². The number of aliphatic imine (C=N–C) groups is 1. The Morgan fingerprint density at radius 1 is 1.10 bits per heavy atom. The SMILES string of the molecule is Cc1ccc(N2NC(C(=O)Nc3ccc(-n4nc(C)cc4C)c(F)c3)=NCC2=O)cc1. The average molecular weight is 420 g/mol. The highest BCUT2D eigenvalue weighted by molar-refractivity contribution is 6.43. The summed E-state index contributed by atoms with van der Waals surface area (Å²) >= 11 is 0. The molecule has 0 radical (unpaired) electrons. The summed E-state index contributed by atoms with van der Waals surface area (Å²) in [5, 5.41) is 8.16. The normalized spacial score (nSPS) is 13.6. The number of hydrazine groups is 1. The lowest BCUT2D eigenvalue weighted by Gasteiger charge is -2.27. The number of halogens is 1. The number of amides is 2. The minimum Gasteiger partial charge on any atom is -0.319 e. The Hall–Kier alpha value is -4.01. The highest BCUT2D eigenvalue weighted by Gasteiger charge is 2.25. The maximum absolute atomic E-state index is 14.7. The van der Waals surface area contributed by atoms with Crippen LogP contribution in [0.1, 0.15) is 17.0 Å². The summed E-state index contributed by atoms with van der Waals surface area (Å²) in [6.07, 6.45) is 0. The first-order valence-corrected chi connectivity index (χ1v) is 9.67. The second-order valence-corrected chi connectivity index (χ2v) is 7.30. The van der Waals surface area contributed by atoms with Crippen molar-refractivity contribution in [2.45, 2.75) is 20.8 Å². The summed E-state index contributed by atoms with van der Waals surface area (Å²) in [6.45, 7) is 5.44. The Bertz CT molecular complexity index is 1200. The molecule has 0 unspecified atom stereocenters. The van der Waals surface area contributed by atoms with Crippen LogP contribution in [0, 0.1) is 26.6 Å². The van der Waals surface area contributed by atoms with Crippen LogP contribution < -0.4 is 15.8 Å². The number of aryl methyl sites for hydroxylation is 3. The molecule has 1 aliphatic heterocycles. The van der Waals surface area contributed by atoms with Crippen molar-refractivity contribution in [1.29, 1.82) is 0 Å². The van der Waals surface area contributed by atoms with Crippen LogP contribution >= 0.6 is 0 Å². The summed E-state index contributed by atoms with van der Waals surface area (Å²) < 4.78 is 16.2. The molecule has 3 aromatic rings. The number of rotatable bonds is 4. The highest BCUT2D eigenvalue weighted by Crippen LogP contribution is 2.20. The van der Waals surface area contributed by atoms with Crippen LogP contribution in [0.2, 0.25) is 0 Å². The third kappa shape index (κ3) is 4.16. The number of benzene rings is 2. The van der Waals surface area contributed by atoms with Gasteiger partial charge in [0.25, 0.3) is 11.8 Å². The van der Waals surface area contributed by atoms with Gasteiger partial charge in [-0.1, -0.05) is 17.7 Å². The van der Waals surface area contributed by atoms with E-state index < -0.39 is 11.7 Å². The molecule has 158 valence electrons. The van der Waals surface area contributed by atoms with Crippen molar-refractivity contribution >= 4 is 29.0 Å². The molecule has 2 N–H and O–H groups in total. The average Bonchev–Trinajstić information content (AvgIpc) is 3.07. The molecular formula is C22H21FN6O2. The van der Waals surface area contributed by atoms with Gasteiger partial charge in [0.05, 0.1) is 11.4 Å². The van der Waals surface area contributed by atoms with Gasteiger partial charge < -0.3 is 5.32 Å². The van der Waals surface area contributed by atoms with E-state index in [0.717, 1.165) is 17.0 Å². The lowest BCUT2D eigenvalue weighted by atomic mass is 10.2. The molecule has 2 amide bonds. The second-order valence-electron chi connectivity index (χ2n) is 7.30. The van der Waals surface area contributed by atoms with Crippen LogP contribution in [-0.2, 0) is 9.59 Å². The fourth-order valence-electron chi connectivity index (χ4n) is 3.27. The number of carbonyl (C=O) groups is 2. The zero-order valence-electron chi connectivity index (χ0n) is 17.3. The van der Waals surface area contributed by atoms with E-state index in [9.17, 15) is 14.0 Å². The number of hydrogen-bond acceptors (Lipinski definition) is 5. The van der Waals surface area contributed by atoms with Gasteiger partial charge in [-0.3, -0.25) is 20.0 Å². The van der Waals surface area contributed by atoms with Gasteiger partial charge >= 0.3 is 0 Å². The molecule has 1 aromatic heterocycles. The Balaban J connectivity index is 1.50. The van der Waals surface area contributed by atoms with Crippen molar-refractivity contribution < 1.29 is 14.0 Å². The Morgan fingerprint density at radius 3 is 2.48 bits per heavy atom. The minimum atomic E-state index is -0.581. The Morgan fingerprint density at radius 2 is 1.84 bits per heavy atom. The Labute approximate surface area is 178 Å². The summed E-state index contributed by atoms with van der Waals surface area (Å²) in [5.74, 6) is -1.44. The van der Waals surface area contributed by atoms with Gasteiger partial charge in [0.2, 0.25) is 5.84 Å². The van der Waals surface area contributed by atoms with Gasteiger partial charge in [0, 0.05) is 11.4 Å². The van der Waals surface area contributed by atoms with Crippen LogP contribution in [0.4, 0.5) is 15.8 Å². The fraction of sp³-hybridized carbons (Fsp3) is 0.182. The summed E-state index contributed by atoms with van der Waals surface area (Å²) in [5.41, 5.74) is 6.50. The van der Waals surface area contributed by atoms with Crippen LogP contribution in [0.3, 0.4) is 0 Å². The fourth-order valence-corrected chi connectivity index (χ4v) is 3.27. The first kappa shape index (κ1) is 20.3. The molecule has 2 heterocycles. The lowest BCUT2D eigenvalue weighted by Crippen LogP contribution is -2.54. The monoisotopic (exact) mass is 420 g/mol. The van der Waals surface area contributed by atoms with Crippen molar-refractivity contribution in [2.75, 3.05) is 16.9 Å². The van der Waals surface area contributed by atoms with Crippen molar-refractivity contribution in [3.63, 3.8) is 0 Å². The van der Waals surface area contributed by atoms with Crippen LogP contribution in [0.25, 0.3) is 5.69 Å². The molecule has 8 nitrogen and oxygen atoms in total. The predicted octanol–water partition coefficient (Wildman–Crippen LogP) is 2.83. The van der Waals surface area contributed by atoms with Crippen molar-refractivity contribution in [3.8, 4) is 5.69 Å². The van der Waals surface area contributed by atoms with Crippen molar-refractivity contribution in [1.82, 2.24) is 15.2 Å². The molecule has 4 rings (SSSR count). The van der Waals surface area contributed by atoms with E-state index in [0.29, 0.717) is 5.69 Å². The van der Waals surface area contributed by atoms with Gasteiger partial charge in [0.15, 0.2) is 5.82 Å². The molecule has 0 spiro atoms. The molecule has 0 aliphatic carbocycles. The molecule has 2 aromatic carbocycles. The zero-order chi connectivity index (χ0) is 22.1. The van der Waals surface area contributed by atoms with E-state index in [2.05, 4.69) is 20.8 Å². The molecule has 1 aliphatic rings. The molecule has 0 bridgehead atoms. The standard InChI is InChI=1S/C22H21FN6O2/c1-13-4-7-17(8-5-13)29-20(30)12-24-21(27-29)22(31)25-16-6-9-19(18(23)11-16)28-15(3)10-14(2)26-28/h4-11H,12H2,1-3H3,(H,24,27)(H,25,31). The van der Waals surface area contributed by atoms with E-state index in [-0.39, 0.29) is 29.7 Å². The molecule has 0 atom stereocenters. The third-order valence-corrected chi connectivity index (χ3v) is 4.79. The topological polar surface area (TPSA) is 91.6 Å². The Kier molecular flexibility index (Phi) is 5.24. The summed E-state index contributed by atoms with van der Waals surface area (Å²) in [6, 6.07) is 13.5. The molecule has 0 fully saturated rings. The van der Waals surface area contributed by atoms with Crippen LogP contribution in [0.15, 0.2) is 53.5 Å². The van der Waals surface area contributed by atoms with E-state index in [1.54, 1.807) is 24.3 Å². The van der Waals surface area contributed by atoms with Gasteiger partial charge in [0.1, 0.15) is 12.2 Å². The third-order valence-electron chi connectivity index (χ3n) is 4.79. The van der Waals surface area contributed by atoms with Gasteiger partial charge in [-0.25, -0.2) is 14.1 Å². The number of hydrogen-bond donors (Lipinski definition) is 2. The van der Waals surface area contributed by atoms with Gasteiger partial charge in [-0.05, 0) is 57.2 Å². The molecule has 9 heteroatoms. The summed E-state index contributed by atoms with van der Waals surface area (Å²) in [7, 11) is 0. The quantitative estimate of drug-likeness (QED) is 0.679. The number of nitrogens with zero attached hydrogens (tertiary/aromatic N) is 4. The largest absolute Gasteiger partial charge is 0.319 e. The molecule has 31 heavy (non-hydrogen) atoms. The number of carbonyl (C=O) groups excluding carboxylic acids is 2. The highest BCUT2D eigenvalue weighted by atomic mass is 19.1. The van der Waals surface area contributed by atoms with E-state index >= 15 is 0 Å². The molecular weight excluding hydrogens is 399 g/mol. The maximum Gasteiger partial charge on any atom is 0.292 e. The smallest absolute Gasteiger partial charge is 0.292 e. The number of anilines is 2.